The normalized spacial score (nSPS) is 11.8. The summed E-state index contributed by atoms with van der Waals surface area (Å²) in [5, 5.41) is 8.04. The van der Waals surface area contributed by atoms with Gasteiger partial charge in [0.2, 0.25) is 0 Å². The third kappa shape index (κ3) is 3.86. The first-order valence-electron chi connectivity index (χ1n) is 1.87. The fourth-order valence-corrected chi connectivity index (χ4v) is 0.0713. The third-order valence-electron chi connectivity index (χ3n) is 0.620. The maximum Gasteiger partial charge on any atom is 0.321 e. The topological polar surface area (TPSA) is 75.3 Å². The quantitative estimate of drug-likeness (QED) is 0.352. The highest BCUT2D eigenvalue weighted by atomic mass is 35.5. The van der Waals surface area contributed by atoms with Crippen molar-refractivity contribution in [2.45, 2.75) is 13.0 Å². The van der Waals surface area contributed by atoms with Gasteiger partial charge in [0.05, 0.1) is 0 Å². The summed E-state index contributed by atoms with van der Waals surface area (Å²) in [5.41, 5.74) is 2.06. The average Bonchev–Trinajstić information content (AvgIpc) is 1.65. The summed E-state index contributed by atoms with van der Waals surface area (Å²) in [7, 11) is 0. The minimum atomic E-state index is -0.942. The minimum absolute atomic E-state index is 0. The first-order chi connectivity index (χ1) is 3.18. The molecule has 0 rings (SSSR count). The van der Waals surface area contributed by atoms with E-state index in [1.807, 2.05) is 0 Å². The van der Waals surface area contributed by atoms with E-state index in [4.69, 9.17) is 10.9 Å². The van der Waals surface area contributed by atoms with Crippen molar-refractivity contribution in [1.82, 2.24) is 5.43 Å². The summed E-state index contributed by atoms with van der Waals surface area (Å²) >= 11 is 0. The molecule has 5 heteroatoms. The van der Waals surface area contributed by atoms with Gasteiger partial charge in [-0.15, -0.1) is 12.4 Å². The lowest BCUT2D eigenvalue weighted by molar-refractivity contribution is -0.138. The van der Waals surface area contributed by atoms with Gasteiger partial charge in [-0.3, -0.25) is 10.6 Å². The van der Waals surface area contributed by atoms with Crippen LogP contribution in [0.3, 0.4) is 0 Å². The Kier molecular flexibility index (Phi) is 6.41. The lowest BCUT2D eigenvalue weighted by atomic mass is 10.4. The van der Waals surface area contributed by atoms with Gasteiger partial charge >= 0.3 is 5.97 Å². The number of halogens is 1. The monoisotopic (exact) mass is 140 g/mol. The number of hydrogen-bond acceptors (Lipinski definition) is 3. The number of nitrogens with one attached hydrogen (secondary N) is 1. The molecule has 0 aliphatic carbocycles. The molecular weight excluding hydrogens is 131 g/mol. The molecule has 0 saturated carbocycles. The number of nitrogens with two attached hydrogens (primary N) is 1. The van der Waals surface area contributed by atoms with Gasteiger partial charge in [-0.2, -0.15) is 0 Å². The van der Waals surface area contributed by atoms with Gasteiger partial charge in [0, 0.05) is 0 Å². The SMILES string of the molecule is C[C@H](NN)C(=O)O.Cl. The van der Waals surface area contributed by atoms with Crippen LogP contribution in [0.15, 0.2) is 0 Å². The summed E-state index contributed by atoms with van der Waals surface area (Å²) in [6.07, 6.45) is 0. The summed E-state index contributed by atoms with van der Waals surface area (Å²) in [4.78, 5) is 9.79. The smallest absolute Gasteiger partial charge is 0.321 e. The van der Waals surface area contributed by atoms with Crippen molar-refractivity contribution < 1.29 is 9.90 Å². The number of aliphatic carboxylic acids is 1. The van der Waals surface area contributed by atoms with Gasteiger partial charge in [0.25, 0.3) is 0 Å². The van der Waals surface area contributed by atoms with E-state index in [0.29, 0.717) is 0 Å². The van der Waals surface area contributed by atoms with E-state index in [0.717, 1.165) is 0 Å². The largest absolute Gasteiger partial charge is 0.480 e. The van der Waals surface area contributed by atoms with Crippen LogP contribution >= 0.6 is 12.4 Å². The lowest BCUT2D eigenvalue weighted by Gasteiger charge is -1.99. The molecule has 0 aliphatic rings. The predicted molar refractivity (Wildman–Crippen MR) is 31.7 cm³/mol. The van der Waals surface area contributed by atoms with Crippen LogP contribution in [-0.4, -0.2) is 17.1 Å². The van der Waals surface area contributed by atoms with E-state index in [-0.39, 0.29) is 12.4 Å². The second-order valence-corrected chi connectivity index (χ2v) is 1.23. The van der Waals surface area contributed by atoms with Gasteiger partial charge in [-0.1, -0.05) is 0 Å². The summed E-state index contributed by atoms with van der Waals surface area (Å²) in [6.45, 7) is 1.46. The van der Waals surface area contributed by atoms with Crippen molar-refractivity contribution in [3.8, 4) is 0 Å². The number of hydrazine groups is 1. The van der Waals surface area contributed by atoms with Crippen LogP contribution in [0, 0.1) is 0 Å². The van der Waals surface area contributed by atoms with Gasteiger partial charge in [-0.05, 0) is 6.92 Å². The van der Waals surface area contributed by atoms with Crippen LogP contribution in [0.1, 0.15) is 6.92 Å². The Morgan fingerprint density at radius 3 is 2.25 bits per heavy atom. The molecule has 8 heavy (non-hydrogen) atoms. The molecule has 0 fully saturated rings. The van der Waals surface area contributed by atoms with E-state index in [1.165, 1.54) is 6.92 Å². The van der Waals surface area contributed by atoms with Crippen molar-refractivity contribution >= 4 is 18.4 Å². The molecular formula is C3H9ClN2O2. The van der Waals surface area contributed by atoms with E-state index < -0.39 is 12.0 Å². The Hall–Kier alpha value is -0.320. The Morgan fingerprint density at radius 2 is 2.25 bits per heavy atom. The fourth-order valence-electron chi connectivity index (χ4n) is 0.0713. The Balaban J connectivity index is 0. The van der Waals surface area contributed by atoms with E-state index >= 15 is 0 Å². The molecule has 4 nitrogen and oxygen atoms in total. The Labute approximate surface area is 53.4 Å². The van der Waals surface area contributed by atoms with Crippen molar-refractivity contribution in [3.05, 3.63) is 0 Å². The van der Waals surface area contributed by atoms with Gasteiger partial charge in [0.1, 0.15) is 6.04 Å². The summed E-state index contributed by atoms with van der Waals surface area (Å²) in [6, 6.07) is -0.653. The zero-order chi connectivity index (χ0) is 5.86. The van der Waals surface area contributed by atoms with Crippen molar-refractivity contribution in [1.29, 1.82) is 0 Å². The first kappa shape index (κ1) is 10.6. The lowest BCUT2D eigenvalue weighted by Crippen LogP contribution is -2.38. The summed E-state index contributed by atoms with van der Waals surface area (Å²) < 4.78 is 0. The highest BCUT2D eigenvalue weighted by Crippen LogP contribution is 1.72. The molecule has 0 aromatic carbocycles. The second kappa shape index (κ2) is 4.83. The van der Waals surface area contributed by atoms with Gasteiger partial charge in [0.15, 0.2) is 0 Å². The molecule has 0 aromatic rings. The van der Waals surface area contributed by atoms with E-state index in [9.17, 15) is 4.79 Å². The molecule has 1 atom stereocenters. The molecule has 0 heterocycles. The summed E-state index contributed by atoms with van der Waals surface area (Å²) in [5.74, 6) is 3.80. The predicted octanol–water partition coefficient (Wildman–Crippen LogP) is -0.655. The number of rotatable bonds is 2. The average molecular weight is 141 g/mol. The molecule has 0 aliphatic heterocycles. The fraction of sp³-hybridized carbons (Fsp3) is 0.667. The van der Waals surface area contributed by atoms with Gasteiger partial charge < -0.3 is 5.11 Å². The van der Waals surface area contributed by atoms with Crippen LogP contribution in [0.25, 0.3) is 0 Å². The molecule has 0 saturated heterocycles. The maximum atomic E-state index is 9.79. The van der Waals surface area contributed by atoms with E-state index in [2.05, 4.69) is 5.43 Å². The third-order valence-corrected chi connectivity index (χ3v) is 0.620. The molecule has 50 valence electrons. The molecule has 0 spiro atoms. The molecule has 0 bridgehead atoms. The molecule has 0 amide bonds. The second-order valence-electron chi connectivity index (χ2n) is 1.23. The Bertz CT molecular complexity index is 77.7. The number of carbonyl (C=O) groups is 1. The standard InChI is InChI=1S/C3H8N2O2.ClH/c1-2(5-4)3(6)7;/h2,5H,4H2,1H3,(H,6,7);1H/t2-;/m0./s1. The number of hydrogen-bond donors (Lipinski definition) is 3. The van der Waals surface area contributed by atoms with Crippen LogP contribution in [0.2, 0.25) is 0 Å². The van der Waals surface area contributed by atoms with Crippen molar-refractivity contribution in [2.75, 3.05) is 0 Å². The molecule has 0 radical (unpaired) electrons. The van der Waals surface area contributed by atoms with Crippen molar-refractivity contribution in [2.24, 2.45) is 5.84 Å². The molecule has 0 unspecified atom stereocenters. The Morgan fingerprint density at radius 1 is 1.88 bits per heavy atom. The highest BCUT2D eigenvalue weighted by Gasteiger charge is 2.04. The zero-order valence-corrected chi connectivity index (χ0v) is 5.23. The number of carboxylic acids is 1. The maximum absolute atomic E-state index is 9.79. The van der Waals surface area contributed by atoms with Crippen LogP contribution < -0.4 is 11.3 Å². The molecule has 4 N–H and O–H groups in total. The van der Waals surface area contributed by atoms with Gasteiger partial charge in [-0.25, -0.2) is 5.43 Å². The van der Waals surface area contributed by atoms with Crippen LogP contribution in [0.4, 0.5) is 0 Å². The van der Waals surface area contributed by atoms with E-state index in [1.54, 1.807) is 0 Å². The first-order valence-corrected chi connectivity index (χ1v) is 1.87. The van der Waals surface area contributed by atoms with Crippen molar-refractivity contribution in [3.63, 3.8) is 0 Å². The van der Waals surface area contributed by atoms with Crippen LogP contribution in [0.5, 0.6) is 0 Å². The highest BCUT2D eigenvalue weighted by molar-refractivity contribution is 5.85. The minimum Gasteiger partial charge on any atom is -0.480 e. The zero-order valence-electron chi connectivity index (χ0n) is 4.42. The molecule has 0 aromatic heterocycles. The van der Waals surface area contributed by atoms with Crippen LogP contribution in [-0.2, 0) is 4.79 Å². The number of carboxylic acid groups (broad SMARTS) is 1.